The number of hydrogen-bond donors (Lipinski definition) is 0. The van der Waals surface area contributed by atoms with Crippen LogP contribution in [0.25, 0.3) is 0 Å². The van der Waals surface area contributed by atoms with Crippen molar-refractivity contribution < 1.29 is 28.6 Å². The van der Waals surface area contributed by atoms with Gasteiger partial charge in [-0.15, -0.1) is 0 Å². The smallest absolute Gasteiger partial charge is 0.306 e. The minimum atomic E-state index is -0.772. The van der Waals surface area contributed by atoms with Gasteiger partial charge < -0.3 is 14.2 Å². The molecule has 0 radical (unpaired) electrons. The van der Waals surface area contributed by atoms with Gasteiger partial charge in [-0.25, -0.2) is 0 Å². The minimum absolute atomic E-state index is 0.0794. The molecule has 6 heteroatoms. The Kier molecular flexibility index (Phi) is 45.5. The number of allylic oxidation sites excluding steroid dienone is 14. The fraction of sp³-hybridized carbons (Fsp3) is 0.685. The number of carbonyl (C=O) groups excluding carboxylic acids is 3. The lowest BCUT2D eigenvalue weighted by molar-refractivity contribution is -0.167. The van der Waals surface area contributed by atoms with E-state index < -0.39 is 6.10 Å². The summed E-state index contributed by atoms with van der Waals surface area (Å²) in [5.41, 5.74) is 0. The number of ether oxygens (including phenoxy) is 3. The molecule has 0 saturated heterocycles. The molecule has 0 amide bonds. The lowest BCUT2D eigenvalue weighted by atomic mass is 10.1. The molecule has 6 nitrogen and oxygen atoms in total. The van der Waals surface area contributed by atoms with Crippen LogP contribution in [0, 0.1) is 0 Å². The summed E-state index contributed by atoms with van der Waals surface area (Å²) in [6, 6.07) is 0. The normalized spacial score (nSPS) is 12.8. The van der Waals surface area contributed by atoms with Crippen LogP contribution in [-0.4, -0.2) is 37.2 Å². The molecule has 0 spiro atoms. The third kappa shape index (κ3) is 45.7. The van der Waals surface area contributed by atoms with Crippen molar-refractivity contribution in [3.8, 4) is 0 Å². The van der Waals surface area contributed by atoms with Gasteiger partial charge in [-0.05, 0) is 77.0 Å². The minimum Gasteiger partial charge on any atom is -0.462 e. The van der Waals surface area contributed by atoms with Gasteiger partial charge in [0.2, 0.25) is 0 Å². The lowest BCUT2D eigenvalue weighted by Crippen LogP contribution is -2.30. The molecule has 1 unspecified atom stereocenters. The van der Waals surface area contributed by atoms with Gasteiger partial charge in [0.05, 0.1) is 0 Å². The zero-order chi connectivity index (χ0) is 43.7. The van der Waals surface area contributed by atoms with Crippen molar-refractivity contribution in [3.63, 3.8) is 0 Å². The SMILES string of the molecule is CC/C=C\C/C=C\C/C=C\C/C=C\C/C=C\C/C=C\C/C=C\CCCCCCCCCC(=O)OCC(COC(=O)CCCCCCCC)OC(=O)CCCCCCCCC. The molecule has 0 aliphatic heterocycles. The number of rotatable bonds is 43. The van der Waals surface area contributed by atoms with Crippen molar-refractivity contribution in [2.45, 2.75) is 226 Å². The van der Waals surface area contributed by atoms with Gasteiger partial charge in [-0.1, -0.05) is 209 Å². The Morgan fingerprint density at radius 1 is 0.350 bits per heavy atom. The van der Waals surface area contributed by atoms with Gasteiger partial charge >= 0.3 is 17.9 Å². The van der Waals surface area contributed by atoms with E-state index in [0.717, 1.165) is 109 Å². The summed E-state index contributed by atoms with van der Waals surface area (Å²) < 4.78 is 16.6. The number of unbranched alkanes of at least 4 members (excludes halogenated alkanes) is 18. The zero-order valence-corrected chi connectivity index (χ0v) is 38.9. The average Bonchev–Trinajstić information content (AvgIpc) is 3.24. The van der Waals surface area contributed by atoms with Crippen LogP contribution in [0.4, 0.5) is 0 Å². The van der Waals surface area contributed by atoms with Crippen LogP contribution in [0.15, 0.2) is 85.1 Å². The second-order valence-corrected chi connectivity index (χ2v) is 16.0. The van der Waals surface area contributed by atoms with E-state index in [2.05, 4.69) is 106 Å². The van der Waals surface area contributed by atoms with Crippen molar-refractivity contribution in [2.24, 2.45) is 0 Å². The maximum Gasteiger partial charge on any atom is 0.306 e. The first-order valence-corrected chi connectivity index (χ1v) is 24.6. The Bertz CT molecular complexity index is 1190. The lowest BCUT2D eigenvalue weighted by Gasteiger charge is -2.18. The predicted molar refractivity (Wildman–Crippen MR) is 256 cm³/mol. The van der Waals surface area contributed by atoms with Crippen LogP contribution in [0.5, 0.6) is 0 Å². The third-order valence-electron chi connectivity index (χ3n) is 10.2. The van der Waals surface area contributed by atoms with Crippen LogP contribution in [0.2, 0.25) is 0 Å². The number of hydrogen-bond acceptors (Lipinski definition) is 6. The monoisotopic (exact) mass is 835 g/mol. The summed E-state index contributed by atoms with van der Waals surface area (Å²) in [5, 5.41) is 0. The number of carbonyl (C=O) groups is 3. The van der Waals surface area contributed by atoms with E-state index in [1.165, 1.54) is 70.6 Å². The quantitative estimate of drug-likeness (QED) is 0.0263. The molecule has 0 bridgehead atoms. The summed E-state index contributed by atoms with van der Waals surface area (Å²) in [4.78, 5) is 37.4. The molecule has 0 aromatic carbocycles. The van der Waals surface area contributed by atoms with Crippen LogP contribution in [0.1, 0.15) is 220 Å². The Labute approximate surface area is 369 Å². The first kappa shape index (κ1) is 56.6. The van der Waals surface area contributed by atoms with Gasteiger partial charge in [0.15, 0.2) is 6.10 Å². The summed E-state index contributed by atoms with van der Waals surface area (Å²) in [6.07, 6.45) is 61.9. The fourth-order valence-corrected chi connectivity index (χ4v) is 6.48. The summed E-state index contributed by atoms with van der Waals surface area (Å²) in [5.74, 6) is -0.913. The van der Waals surface area contributed by atoms with Gasteiger partial charge in [0, 0.05) is 19.3 Å². The van der Waals surface area contributed by atoms with Crippen molar-refractivity contribution >= 4 is 17.9 Å². The Morgan fingerprint density at radius 3 is 1.02 bits per heavy atom. The molecule has 0 rings (SSSR count). The van der Waals surface area contributed by atoms with Crippen molar-refractivity contribution in [2.75, 3.05) is 13.2 Å². The average molecular weight is 835 g/mol. The highest BCUT2D eigenvalue weighted by Gasteiger charge is 2.19. The van der Waals surface area contributed by atoms with E-state index in [1.54, 1.807) is 0 Å². The van der Waals surface area contributed by atoms with Crippen LogP contribution in [-0.2, 0) is 28.6 Å². The standard InChI is InChI=1S/C54H90O6/c1-4-7-10-13-16-17-18-19-20-21-22-23-24-25-26-27-28-29-30-31-32-33-34-35-36-37-39-41-44-47-53(56)59-50-51(49-58-52(55)46-43-40-15-12-9-6-3)60-54(57)48-45-42-38-14-11-8-5-2/h7,10,16-17,19-20,22-23,25-26,28-29,31-32,51H,4-6,8-9,11-15,18,21,24,27,30,33-50H2,1-3H3/b10-7-,17-16-,20-19-,23-22-,26-25-,29-28-,32-31-. The second-order valence-electron chi connectivity index (χ2n) is 16.0. The highest BCUT2D eigenvalue weighted by atomic mass is 16.6. The molecule has 342 valence electrons. The molecule has 1 atom stereocenters. The third-order valence-corrected chi connectivity index (χ3v) is 10.2. The summed E-state index contributed by atoms with van der Waals surface area (Å²) in [7, 11) is 0. The molecule has 0 aromatic heterocycles. The first-order valence-electron chi connectivity index (χ1n) is 24.6. The van der Waals surface area contributed by atoms with Crippen molar-refractivity contribution in [1.29, 1.82) is 0 Å². The highest BCUT2D eigenvalue weighted by molar-refractivity contribution is 5.71. The molecule has 0 aliphatic rings. The van der Waals surface area contributed by atoms with Crippen molar-refractivity contribution in [1.82, 2.24) is 0 Å². The van der Waals surface area contributed by atoms with Crippen molar-refractivity contribution in [3.05, 3.63) is 85.1 Å². The highest BCUT2D eigenvalue weighted by Crippen LogP contribution is 2.13. The second kappa shape index (κ2) is 48.3. The van der Waals surface area contributed by atoms with Gasteiger partial charge in [0.1, 0.15) is 13.2 Å². The Hall–Kier alpha value is -3.41. The first-order chi connectivity index (χ1) is 29.5. The largest absolute Gasteiger partial charge is 0.462 e. The fourth-order valence-electron chi connectivity index (χ4n) is 6.48. The Morgan fingerprint density at radius 2 is 0.650 bits per heavy atom. The summed E-state index contributed by atoms with van der Waals surface area (Å²) >= 11 is 0. The molecular formula is C54H90O6. The van der Waals surface area contributed by atoms with Crippen LogP contribution >= 0.6 is 0 Å². The van der Waals surface area contributed by atoms with E-state index in [-0.39, 0.29) is 31.1 Å². The van der Waals surface area contributed by atoms with E-state index >= 15 is 0 Å². The van der Waals surface area contributed by atoms with Crippen LogP contribution in [0.3, 0.4) is 0 Å². The molecule has 0 saturated carbocycles. The van der Waals surface area contributed by atoms with Gasteiger partial charge in [-0.2, -0.15) is 0 Å². The maximum absolute atomic E-state index is 12.6. The Balaban J connectivity index is 4.05. The summed E-state index contributed by atoms with van der Waals surface area (Å²) in [6.45, 7) is 6.39. The molecule has 0 aromatic rings. The van der Waals surface area contributed by atoms with E-state index in [4.69, 9.17) is 14.2 Å². The van der Waals surface area contributed by atoms with E-state index in [1.807, 2.05) is 0 Å². The topological polar surface area (TPSA) is 78.9 Å². The van der Waals surface area contributed by atoms with E-state index in [0.29, 0.717) is 19.3 Å². The molecule has 0 aliphatic carbocycles. The van der Waals surface area contributed by atoms with Gasteiger partial charge in [-0.3, -0.25) is 14.4 Å². The molecule has 0 heterocycles. The number of esters is 3. The molecule has 0 N–H and O–H groups in total. The predicted octanol–water partition coefficient (Wildman–Crippen LogP) is 16.0. The molecule has 60 heavy (non-hydrogen) atoms. The van der Waals surface area contributed by atoms with Gasteiger partial charge in [0.25, 0.3) is 0 Å². The molecular weight excluding hydrogens is 745 g/mol. The zero-order valence-electron chi connectivity index (χ0n) is 38.9. The van der Waals surface area contributed by atoms with E-state index in [9.17, 15) is 14.4 Å². The maximum atomic E-state index is 12.6. The molecule has 0 fully saturated rings. The van der Waals surface area contributed by atoms with Crippen LogP contribution < -0.4 is 0 Å².